The monoisotopic (exact) mass is 248 g/mol. The summed E-state index contributed by atoms with van der Waals surface area (Å²) in [4.78, 5) is 0. The van der Waals surface area contributed by atoms with Crippen molar-refractivity contribution in [2.24, 2.45) is 0 Å². The summed E-state index contributed by atoms with van der Waals surface area (Å²) in [6.45, 7) is 0. The Morgan fingerprint density at radius 2 is 1.00 bits per heavy atom. The van der Waals surface area contributed by atoms with Crippen LogP contribution in [0.15, 0.2) is 0 Å². The maximum Gasteiger partial charge on any atom is 2.00 e. The summed E-state index contributed by atoms with van der Waals surface area (Å²) in [7, 11) is 0. The quantitative estimate of drug-likeness (QED) is 0.513. The standard InChI is InChI=1S/Ca.Cu.Mn.Zr/q+2;+1;2*+2. The minimum atomic E-state index is 0. The average Bonchev–Trinajstić information content (AvgIpc) is 0. The fourth-order valence-electron chi connectivity index (χ4n) is 0. The Balaban J connectivity index is 0. The predicted octanol–water partition coefficient (Wildman–Crippen LogP) is -0.388. The van der Waals surface area contributed by atoms with Gasteiger partial charge < -0.3 is 0 Å². The molecule has 0 aliphatic rings. The Morgan fingerprint density at radius 1 is 1.00 bits per heavy atom. The second-order valence-corrected chi connectivity index (χ2v) is 0. The van der Waals surface area contributed by atoms with Gasteiger partial charge in [0.25, 0.3) is 0 Å². The first-order valence-corrected chi connectivity index (χ1v) is 0. The van der Waals surface area contributed by atoms with Crippen LogP contribution in [0.5, 0.6) is 0 Å². The smallest absolute Gasteiger partial charge is 1.00 e. The van der Waals surface area contributed by atoms with Crippen molar-refractivity contribution in [3.8, 4) is 0 Å². The van der Waals surface area contributed by atoms with Crippen molar-refractivity contribution in [3.05, 3.63) is 0 Å². The van der Waals surface area contributed by atoms with Gasteiger partial charge in [-0.2, -0.15) is 0 Å². The zero-order chi connectivity index (χ0) is 0. The number of hydrogen-bond donors (Lipinski definition) is 0. The van der Waals surface area contributed by atoms with Gasteiger partial charge >= 0.3 is 98.1 Å². The molecule has 0 bridgehead atoms. The van der Waals surface area contributed by atoms with E-state index in [0.29, 0.717) is 0 Å². The number of rotatable bonds is 0. The Kier molecular flexibility index (Phi) is 111. The molecule has 0 aromatic heterocycles. The Labute approximate surface area is 95.9 Å². The summed E-state index contributed by atoms with van der Waals surface area (Å²) in [6, 6.07) is 0. The first-order chi connectivity index (χ1) is 0. The molecule has 0 aliphatic carbocycles. The summed E-state index contributed by atoms with van der Waals surface area (Å²) in [6.07, 6.45) is 0. The molecule has 4 heavy (non-hydrogen) atoms. The summed E-state index contributed by atoms with van der Waals surface area (Å²) in [5.41, 5.74) is 0. The van der Waals surface area contributed by atoms with Gasteiger partial charge in [0.1, 0.15) is 0 Å². The van der Waals surface area contributed by atoms with E-state index in [1.165, 1.54) is 0 Å². The molecular formula is CaCuMnZr+7. The maximum absolute atomic E-state index is 0. The third kappa shape index (κ3) is 8.95. The van der Waals surface area contributed by atoms with E-state index in [4.69, 9.17) is 0 Å². The molecular weight excluding hydrogens is 250 g/mol. The van der Waals surface area contributed by atoms with Gasteiger partial charge in [0.15, 0.2) is 0 Å². The zero-order valence-corrected chi connectivity index (χ0v) is 8.68. The first kappa shape index (κ1) is 27.1. The molecule has 0 saturated heterocycles. The van der Waals surface area contributed by atoms with Crippen molar-refractivity contribution in [3.63, 3.8) is 0 Å². The van der Waals surface area contributed by atoms with Gasteiger partial charge in [0.2, 0.25) is 0 Å². The van der Waals surface area contributed by atoms with Crippen LogP contribution in [0.25, 0.3) is 0 Å². The van der Waals surface area contributed by atoms with E-state index in [0.717, 1.165) is 0 Å². The summed E-state index contributed by atoms with van der Waals surface area (Å²) < 4.78 is 0. The molecule has 0 nitrogen and oxygen atoms in total. The van der Waals surface area contributed by atoms with Crippen LogP contribution in [0.1, 0.15) is 0 Å². The molecule has 0 aliphatic heterocycles. The molecule has 0 heterocycles. The molecule has 0 N–H and O–H groups in total. The van der Waals surface area contributed by atoms with Crippen molar-refractivity contribution in [1.29, 1.82) is 0 Å². The van der Waals surface area contributed by atoms with Crippen molar-refractivity contribution >= 4 is 37.7 Å². The van der Waals surface area contributed by atoms with Crippen LogP contribution >= 0.6 is 0 Å². The minimum Gasteiger partial charge on any atom is 1.00 e. The molecule has 1 radical (unpaired) electrons. The van der Waals surface area contributed by atoms with Gasteiger partial charge in [0.05, 0.1) is 0 Å². The van der Waals surface area contributed by atoms with Gasteiger partial charge in [-0.1, -0.05) is 0 Å². The van der Waals surface area contributed by atoms with Gasteiger partial charge in [-0.3, -0.25) is 0 Å². The Bertz CT molecular complexity index is 8.00. The van der Waals surface area contributed by atoms with Gasteiger partial charge in [-0.25, -0.2) is 0 Å². The third-order valence-corrected chi connectivity index (χ3v) is 0. The third-order valence-electron chi connectivity index (χ3n) is 0. The normalized spacial score (nSPS) is 0. The van der Waals surface area contributed by atoms with E-state index in [9.17, 15) is 0 Å². The van der Waals surface area contributed by atoms with Crippen LogP contribution in [0, 0.1) is 0 Å². The van der Waals surface area contributed by atoms with Crippen LogP contribution < -0.4 is 0 Å². The fourth-order valence-corrected chi connectivity index (χ4v) is 0. The van der Waals surface area contributed by atoms with Crippen LogP contribution in [0.2, 0.25) is 0 Å². The Morgan fingerprint density at radius 3 is 1.00 bits per heavy atom. The van der Waals surface area contributed by atoms with Crippen LogP contribution in [0.3, 0.4) is 0 Å². The molecule has 0 rings (SSSR count). The molecule has 0 atom stereocenters. The second kappa shape index (κ2) is 16.4. The van der Waals surface area contributed by atoms with Crippen LogP contribution in [0.4, 0.5) is 0 Å². The SMILES string of the molecule is [Ca+2].[Cu+].[Mn+2].[Zr+2]. The predicted molar refractivity (Wildman–Crippen MR) is 5.75 cm³/mol. The van der Waals surface area contributed by atoms with Crippen LogP contribution in [-0.2, 0) is 60.3 Å². The molecule has 0 saturated carbocycles. The summed E-state index contributed by atoms with van der Waals surface area (Å²) in [5, 5.41) is 0. The average molecular weight is 250 g/mol. The molecule has 17 valence electrons. The van der Waals surface area contributed by atoms with E-state index in [1.807, 2.05) is 0 Å². The summed E-state index contributed by atoms with van der Waals surface area (Å²) >= 11 is 0. The zero-order valence-electron chi connectivity index (χ0n) is 1.89. The molecule has 0 aromatic carbocycles. The van der Waals surface area contributed by atoms with Gasteiger partial charge in [0, 0.05) is 0 Å². The van der Waals surface area contributed by atoms with Gasteiger partial charge in [-0.05, 0) is 0 Å². The van der Waals surface area contributed by atoms with E-state index in [-0.39, 0.29) is 98.1 Å². The van der Waals surface area contributed by atoms with E-state index in [2.05, 4.69) is 0 Å². The first-order valence-electron chi connectivity index (χ1n) is 0. The fraction of sp³-hybridized carbons (Fsp3) is 0. The van der Waals surface area contributed by atoms with E-state index < -0.39 is 0 Å². The summed E-state index contributed by atoms with van der Waals surface area (Å²) in [5.74, 6) is 0. The number of hydrogen-bond acceptors (Lipinski definition) is 0. The van der Waals surface area contributed by atoms with E-state index >= 15 is 0 Å². The minimum absolute atomic E-state index is 0. The second-order valence-electron chi connectivity index (χ2n) is 0. The van der Waals surface area contributed by atoms with Gasteiger partial charge in [-0.15, -0.1) is 0 Å². The van der Waals surface area contributed by atoms with Crippen molar-refractivity contribution < 1.29 is 60.3 Å². The maximum atomic E-state index is 0. The Hall–Kier alpha value is 3.18. The topological polar surface area (TPSA) is 0 Å². The van der Waals surface area contributed by atoms with Crippen LogP contribution in [-0.4, -0.2) is 37.7 Å². The molecule has 0 fully saturated rings. The molecule has 0 amide bonds. The molecule has 0 unspecified atom stereocenters. The van der Waals surface area contributed by atoms with Crippen molar-refractivity contribution in [2.75, 3.05) is 0 Å². The largest absolute Gasteiger partial charge is 2.00 e. The molecule has 0 spiro atoms. The molecule has 4 heteroatoms. The molecule has 0 aromatic rings. The van der Waals surface area contributed by atoms with E-state index in [1.54, 1.807) is 0 Å². The van der Waals surface area contributed by atoms with Crippen molar-refractivity contribution in [2.45, 2.75) is 0 Å². The van der Waals surface area contributed by atoms with Crippen molar-refractivity contribution in [1.82, 2.24) is 0 Å².